The Bertz CT molecular complexity index is 463. The van der Waals surface area contributed by atoms with Gasteiger partial charge >= 0.3 is 5.97 Å². The summed E-state index contributed by atoms with van der Waals surface area (Å²) in [7, 11) is -4.27. The van der Waals surface area contributed by atoms with E-state index >= 15 is 0 Å². The third-order valence-corrected chi connectivity index (χ3v) is 2.64. The average Bonchev–Trinajstić information content (AvgIpc) is 2.13. The van der Waals surface area contributed by atoms with Crippen molar-refractivity contribution in [3.05, 3.63) is 29.8 Å². The first-order valence-corrected chi connectivity index (χ1v) is 5.54. The average molecular weight is 230 g/mol. The van der Waals surface area contributed by atoms with E-state index in [1.54, 1.807) is 6.07 Å². The Balaban J connectivity index is 3.02. The summed E-state index contributed by atoms with van der Waals surface area (Å²) in [5, 5.41) is 0. The van der Waals surface area contributed by atoms with Crippen LogP contribution < -0.4 is 0 Å². The number of esters is 1. The fourth-order valence-corrected chi connectivity index (χ4v) is 1.76. The first-order valence-electron chi connectivity index (χ1n) is 4.10. The molecule has 0 bridgehead atoms. The minimum absolute atomic E-state index is 0.175. The topological polar surface area (TPSA) is 80.7 Å². The molecule has 0 amide bonds. The SMILES string of the molecule is CC(=O)OCc1ccccc1S(=O)(=O)O. The van der Waals surface area contributed by atoms with Crippen LogP contribution in [0.3, 0.4) is 0 Å². The first kappa shape index (κ1) is 11.7. The van der Waals surface area contributed by atoms with E-state index in [-0.39, 0.29) is 17.1 Å². The van der Waals surface area contributed by atoms with E-state index in [2.05, 4.69) is 4.74 Å². The van der Waals surface area contributed by atoms with Crippen LogP contribution in [0.4, 0.5) is 0 Å². The number of rotatable bonds is 3. The summed E-state index contributed by atoms with van der Waals surface area (Å²) >= 11 is 0. The van der Waals surface area contributed by atoms with E-state index in [9.17, 15) is 13.2 Å². The van der Waals surface area contributed by atoms with E-state index in [1.807, 2.05) is 0 Å². The third-order valence-electron chi connectivity index (χ3n) is 1.68. The number of benzene rings is 1. The predicted octanol–water partition coefficient (Wildman–Crippen LogP) is 0.996. The van der Waals surface area contributed by atoms with Crippen molar-refractivity contribution in [3.8, 4) is 0 Å². The summed E-state index contributed by atoms with van der Waals surface area (Å²) in [6.07, 6.45) is 0. The van der Waals surface area contributed by atoms with E-state index < -0.39 is 16.1 Å². The van der Waals surface area contributed by atoms with Gasteiger partial charge in [0.05, 0.1) is 0 Å². The Morgan fingerprint density at radius 2 is 2.00 bits per heavy atom. The lowest BCUT2D eigenvalue weighted by Gasteiger charge is -2.06. The van der Waals surface area contributed by atoms with Crippen molar-refractivity contribution in [2.75, 3.05) is 0 Å². The van der Waals surface area contributed by atoms with E-state index in [4.69, 9.17) is 4.55 Å². The molecular formula is C9H10O5S. The molecule has 0 unspecified atom stereocenters. The predicted molar refractivity (Wildman–Crippen MR) is 51.7 cm³/mol. The number of carbonyl (C=O) groups is 1. The Labute approximate surface area is 87.4 Å². The summed E-state index contributed by atoms with van der Waals surface area (Å²) in [4.78, 5) is 10.3. The fourth-order valence-electron chi connectivity index (χ4n) is 1.05. The van der Waals surface area contributed by atoms with Gasteiger partial charge in [0.1, 0.15) is 11.5 Å². The van der Waals surface area contributed by atoms with Crippen LogP contribution in [0.2, 0.25) is 0 Å². The molecule has 1 aromatic rings. The molecule has 0 radical (unpaired) electrons. The lowest BCUT2D eigenvalue weighted by molar-refractivity contribution is -0.142. The van der Waals surface area contributed by atoms with Gasteiger partial charge < -0.3 is 4.74 Å². The molecule has 0 atom stereocenters. The Morgan fingerprint density at radius 1 is 1.40 bits per heavy atom. The van der Waals surface area contributed by atoms with Crippen molar-refractivity contribution in [1.29, 1.82) is 0 Å². The highest BCUT2D eigenvalue weighted by Gasteiger charge is 2.14. The van der Waals surface area contributed by atoms with Gasteiger partial charge in [0, 0.05) is 12.5 Å². The van der Waals surface area contributed by atoms with Crippen LogP contribution in [-0.4, -0.2) is 18.9 Å². The molecule has 1 rings (SSSR count). The Hall–Kier alpha value is -1.40. The monoisotopic (exact) mass is 230 g/mol. The maximum absolute atomic E-state index is 10.9. The van der Waals surface area contributed by atoms with Crippen molar-refractivity contribution in [2.24, 2.45) is 0 Å². The lowest BCUT2D eigenvalue weighted by atomic mass is 10.2. The van der Waals surface area contributed by atoms with Gasteiger partial charge in [0.25, 0.3) is 10.1 Å². The zero-order chi connectivity index (χ0) is 11.5. The molecule has 0 aliphatic heterocycles. The fraction of sp³-hybridized carbons (Fsp3) is 0.222. The minimum Gasteiger partial charge on any atom is -0.461 e. The maximum atomic E-state index is 10.9. The number of ether oxygens (including phenoxy) is 1. The van der Waals surface area contributed by atoms with Crippen molar-refractivity contribution >= 4 is 16.1 Å². The van der Waals surface area contributed by atoms with Crippen LogP contribution in [-0.2, 0) is 26.3 Å². The maximum Gasteiger partial charge on any atom is 0.302 e. The number of carbonyl (C=O) groups excluding carboxylic acids is 1. The van der Waals surface area contributed by atoms with Crippen LogP contribution in [0.5, 0.6) is 0 Å². The molecule has 82 valence electrons. The van der Waals surface area contributed by atoms with Crippen LogP contribution in [0.25, 0.3) is 0 Å². The standard InChI is InChI=1S/C9H10O5S/c1-7(10)14-6-8-4-2-3-5-9(8)15(11,12)13/h2-5H,6H2,1H3,(H,11,12,13). The smallest absolute Gasteiger partial charge is 0.302 e. The van der Waals surface area contributed by atoms with Gasteiger partial charge in [-0.3, -0.25) is 9.35 Å². The summed E-state index contributed by atoms with van der Waals surface area (Å²) in [5.41, 5.74) is 0.246. The summed E-state index contributed by atoms with van der Waals surface area (Å²) < 4.78 is 35.3. The van der Waals surface area contributed by atoms with Gasteiger partial charge in [0.15, 0.2) is 0 Å². The first-order chi connectivity index (χ1) is 6.91. The van der Waals surface area contributed by atoms with Crippen LogP contribution >= 0.6 is 0 Å². The van der Waals surface area contributed by atoms with Gasteiger partial charge in [-0.05, 0) is 6.07 Å². The minimum atomic E-state index is -4.27. The molecule has 1 N–H and O–H groups in total. The van der Waals surface area contributed by atoms with Gasteiger partial charge in [-0.25, -0.2) is 0 Å². The highest BCUT2D eigenvalue weighted by molar-refractivity contribution is 7.85. The zero-order valence-corrected chi connectivity index (χ0v) is 8.82. The second-order valence-corrected chi connectivity index (χ2v) is 4.25. The second-order valence-electron chi connectivity index (χ2n) is 2.86. The van der Waals surface area contributed by atoms with Crippen molar-refractivity contribution < 1.29 is 22.5 Å². The number of hydrogen-bond donors (Lipinski definition) is 1. The molecule has 0 saturated heterocycles. The van der Waals surface area contributed by atoms with Crippen LogP contribution in [0.15, 0.2) is 29.2 Å². The van der Waals surface area contributed by atoms with E-state index in [0.717, 1.165) is 0 Å². The molecule has 0 spiro atoms. The van der Waals surface area contributed by atoms with E-state index in [0.29, 0.717) is 0 Å². The highest BCUT2D eigenvalue weighted by atomic mass is 32.2. The van der Waals surface area contributed by atoms with Crippen LogP contribution in [0.1, 0.15) is 12.5 Å². The molecule has 0 aliphatic rings. The molecule has 0 saturated carbocycles. The largest absolute Gasteiger partial charge is 0.461 e. The van der Waals surface area contributed by atoms with E-state index in [1.165, 1.54) is 25.1 Å². The third kappa shape index (κ3) is 3.34. The molecule has 15 heavy (non-hydrogen) atoms. The zero-order valence-electron chi connectivity index (χ0n) is 8.00. The molecule has 1 aromatic carbocycles. The molecular weight excluding hydrogens is 220 g/mol. The number of hydrogen-bond acceptors (Lipinski definition) is 4. The quantitative estimate of drug-likeness (QED) is 0.618. The molecule has 0 fully saturated rings. The van der Waals surface area contributed by atoms with Crippen molar-refractivity contribution in [2.45, 2.75) is 18.4 Å². The van der Waals surface area contributed by atoms with Crippen LogP contribution in [0, 0.1) is 0 Å². The van der Waals surface area contributed by atoms with Crippen molar-refractivity contribution in [3.63, 3.8) is 0 Å². The van der Waals surface area contributed by atoms with Gasteiger partial charge in [0.2, 0.25) is 0 Å². The molecule has 0 aliphatic carbocycles. The molecule has 0 heterocycles. The molecule has 6 heteroatoms. The van der Waals surface area contributed by atoms with Gasteiger partial charge in [-0.2, -0.15) is 8.42 Å². The Morgan fingerprint density at radius 3 is 2.53 bits per heavy atom. The summed E-state index contributed by atoms with van der Waals surface area (Å²) in [6, 6.07) is 5.77. The van der Waals surface area contributed by atoms with Gasteiger partial charge in [-0.1, -0.05) is 18.2 Å². The van der Waals surface area contributed by atoms with Crippen molar-refractivity contribution in [1.82, 2.24) is 0 Å². The molecule has 0 aromatic heterocycles. The Kier molecular flexibility index (Phi) is 3.43. The summed E-state index contributed by atoms with van der Waals surface area (Å²) in [5.74, 6) is -0.514. The summed E-state index contributed by atoms with van der Waals surface area (Å²) in [6.45, 7) is 1.04. The normalized spacial score (nSPS) is 11.1. The second kappa shape index (κ2) is 4.41. The molecule has 5 nitrogen and oxygen atoms in total. The lowest BCUT2D eigenvalue weighted by Crippen LogP contribution is -2.06. The van der Waals surface area contributed by atoms with Gasteiger partial charge in [-0.15, -0.1) is 0 Å². The highest BCUT2D eigenvalue weighted by Crippen LogP contribution is 2.15.